The fourth-order valence-corrected chi connectivity index (χ4v) is 2.83. The van der Waals surface area contributed by atoms with E-state index in [1.165, 1.54) is 7.11 Å². The second kappa shape index (κ2) is 9.39. The van der Waals surface area contributed by atoms with Gasteiger partial charge in [0.2, 0.25) is 11.8 Å². The Morgan fingerprint density at radius 2 is 1.63 bits per heavy atom. The van der Waals surface area contributed by atoms with E-state index in [-0.39, 0.29) is 24.9 Å². The standard InChI is InChI=1S/C20H24ClN3O3/c1-13-5-7-16(14(2)9-13)22-19(25)11-24(3)12-20(26)23-17-10-15(21)6-8-18(17)27-4/h5-10H,11-12H2,1-4H3,(H,22,25)(H,23,26). The highest BCUT2D eigenvalue weighted by molar-refractivity contribution is 6.31. The number of anilines is 2. The van der Waals surface area contributed by atoms with Gasteiger partial charge in [-0.3, -0.25) is 14.5 Å². The second-order valence-electron chi connectivity index (χ2n) is 6.43. The van der Waals surface area contributed by atoms with Gasteiger partial charge in [0.15, 0.2) is 0 Å². The van der Waals surface area contributed by atoms with Crippen molar-refractivity contribution in [1.82, 2.24) is 4.90 Å². The van der Waals surface area contributed by atoms with Gasteiger partial charge < -0.3 is 15.4 Å². The predicted molar refractivity (Wildman–Crippen MR) is 109 cm³/mol. The molecule has 0 heterocycles. The van der Waals surface area contributed by atoms with E-state index < -0.39 is 0 Å². The number of hydrogen-bond donors (Lipinski definition) is 2. The highest BCUT2D eigenvalue weighted by Gasteiger charge is 2.14. The number of amides is 2. The van der Waals surface area contributed by atoms with E-state index in [2.05, 4.69) is 10.6 Å². The normalized spacial score (nSPS) is 10.6. The molecule has 2 N–H and O–H groups in total. The molecule has 0 aliphatic heterocycles. The van der Waals surface area contributed by atoms with E-state index >= 15 is 0 Å². The maximum atomic E-state index is 12.3. The Hall–Kier alpha value is -2.57. The first kappa shape index (κ1) is 20.7. The summed E-state index contributed by atoms with van der Waals surface area (Å²) in [4.78, 5) is 26.1. The molecule has 0 aliphatic rings. The third-order valence-electron chi connectivity index (χ3n) is 3.92. The zero-order valence-corrected chi connectivity index (χ0v) is 16.7. The fraction of sp³-hybridized carbons (Fsp3) is 0.300. The van der Waals surface area contributed by atoms with Crippen molar-refractivity contribution in [3.05, 3.63) is 52.5 Å². The number of methoxy groups -OCH3 is 1. The summed E-state index contributed by atoms with van der Waals surface area (Å²) in [7, 11) is 3.22. The monoisotopic (exact) mass is 389 g/mol. The second-order valence-corrected chi connectivity index (χ2v) is 6.87. The van der Waals surface area contributed by atoms with Crippen LogP contribution in [-0.4, -0.2) is 44.0 Å². The van der Waals surface area contributed by atoms with Gasteiger partial charge in [-0.05, 0) is 50.7 Å². The van der Waals surface area contributed by atoms with Crippen LogP contribution in [-0.2, 0) is 9.59 Å². The van der Waals surface area contributed by atoms with Crippen LogP contribution in [0.1, 0.15) is 11.1 Å². The molecular formula is C20H24ClN3O3. The average molecular weight is 390 g/mol. The van der Waals surface area contributed by atoms with Crippen LogP contribution < -0.4 is 15.4 Å². The topological polar surface area (TPSA) is 70.7 Å². The van der Waals surface area contributed by atoms with Crippen LogP contribution in [0.4, 0.5) is 11.4 Å². The Bertz CT molecular complexity index is 839. The molecule has 0 aliphatic carbocycles. The molecule has 2 aromatic carbocycles. The molecule has 7 heteroatoms. The third kappa shape index (κ3) is 6.27. The lowest BCUT2D eigenvalue weighted by Crippen LogP contribution is -2.36. The molecule has 0 atom stereocenters. The van der Waals surface area contributed by atoms with E-state index in [9.17, 15) is 9.59 Å². The number of ether oxygens (including phenoxy) is 1. The number of likely N-dealkylation sites (N-methyl/N-ethyl adjacent to an activating group) is 1. The summed E-state index contributed by atoms with van der Waals surface area (Å²) in [6.07, 6.45) is 0. The highest BCUT2D eigenvalue weighted by Crippen LogP contribution is 2.27. The molecule has 2 rings (SSSR count). The maximum absolute atomic E-state index is 12.3. The van der Waals surface area contributed by atoms with Gasteiger partial charge in [0.25, 0.3) is 0 Å². The van der Waals surface area contributed by atoms with Gasteiger partial charge in [-0.1, -0.05) is 29.3 Å². The number of halogens is 1. The first-order valence-electron chi connectivity index (χ1n) is 8.47. The minimum absolute atomic E-state index is 0.0516. The SMILES string of the molecule is COc1ccc(Cl)cc1NC(=O)CN(C)CC(=O)Nc1ccc(C)cc1C. The van der Waals surface area contributed by atoms with Crippen LogP contribution in [0.5, 0.6) is 5.75 Å². The summed E-state index contributed by atoms with van der Waals surface area (Å²) in [6, 6.07) is 10.8. The minimum Gasteiger partial charge on any atom is -0.495 e. The maximum Gasteiger partial charge on any atom is 0.238 e. The minimum atomic E-state index is -0.266. The van der Waals surface area contributed by atoms with Gasteiger partial charge in [-0.25, -0.2) is 0 Å². The zero-order chi connectivity index (χ0) is 20.0. The smallest absolute Gasteiger partial charge is 0.238 e. The Labute approximate surface area is 164 Å². The molecule has 0 spiro atoms. The van der Waals surface area contributed by atoms with E-state index in [1.54, 1.807) is 30.1 Å². The zero-order valence-electron chi connectivity index (χ0n) is 15.9. The van der Waals surface area contributed by atoms with Gasteiger partial charge >= 0.3 is 0 Å². The van der Waals surface area contributed by atoms with Crippen LogP contribution in [0, 0.1) is 13.8 Å². The molecule has 0 bridgehead atoms. The lowest BCUT2D eigenvalue weighted by Gasteiger charge is -2.17. The summed E-state index contributed by atoms with van der Waals surface area (Å²) in [5, 5.41) is 6.11. The number of carbonyl (C=O) groups excluding carboxylic acids is 2. The molecule has 0 unspecified atom stereocenters. The Balaban J connectivity index is 1.89. The largest absolute Gasteiger partial charge is 0.495 e. The number of carbonyl (C=O) groups is 2. The van der Waals surface area contributed by atoms with Gasteiger partial charge in [0.05, 0.1) is 25.9 Å². The molecule has 0 fully saturated rings. The fourth-order valence-electron chi connectivity index (χ4n) is 2.66. The summed E-state index contributed by atoms with van der Waals surface area (Å²) < 4.78 is 5.21. The van der Waals surface area contributed by atoms with Crippen LogP contribution in [0.15, 0.2) is 36.4 Å². The first-order chi connectivity index (χ1) is 12.8. The number of benzene rings is 2. The predicted octanol–water partition coefficient (Wildman–Crippen LogP) is 3.47. The summed E-state index contributed by atoms with van der Waals surface area (Å²) in [5.41, 5.74) is 3.39. The van der Waals surface area contributed by atoms with Crippen molar-refractivity contribution in [3.63, 3.8) is 0 Å². The van der Waals surface area contributed by atoms with Gasteiger partial charge in [0.1, 0.15) is 5.75 Å². The van der Waals surface area contributed by atoms with E-state index in [0.29, 0.717) is 16.5 Å². The molecule has 0 aromatic heterocycles. The molecule has 0 radical (unpaired) electrons. The summed E-state index contributed by atoms with van der Waals surface area (Å²) in [6.45, 7) is 4.08. The van der Waals surface area contributed by atoms with Crippen LogP contribution in [0.25, 0.3) is 0 Å². The number of rotatable bonds is 7. The van der Waals surface area contributed by atoms with E-state index in [4.69, 9.17) is 16.3 Å². The molecule has 0 saturated carbocycles. The van der Waals surface area contributed by atoms with Crippen molar-refractivity contribution in [1.29, 1.82) is 0 Å². The lowest BCUT2D eigenvalue weighted by molar-refractivity contribution is -0.119. The summed E-state index contributed by atoms with van der Waals surface area (Å²) >= 11 is 5.96. The number of hydrogen-bond acceptors (Lipinski definition) is 4. The number of aryl methyl sites for hydroxylation is 2. The quantitative estimate of drug-likeness (QED) is 0.760. The van der Waals surface area contributed by atoms with Crippen LogP contribution in [0.3, 0.4) is 0 Å². The molecule has 144 valence electrons. The van der Waals surface area contributed by atoms with E-state index in [0.717, 1.165) is 16.8 Å². The van der Waals surface area contributed by atoms with E-state index in [1.807, 2.05) is 32.0 Å². The Morgan fingerprint density at radius 1 is 1.00 bits per heavy atom. The van der Waals surface area contributed by atoms with Crippen molar-refractivity contribution in [2.24, 2.45) is 0 Å². The molecule has 2 amide bonds. The van der Waals surface area contributed by atoms with Crippen molar-refractivity contribution >= 4 is 34.8 Å². The molecule has 0 saturated heterocycles. The lowest BCUT2D eigenvalue weighted by atomic mass is 10.1. The highest BCUT2D eigenvalue weighted by atomic mass is 35.5. The van der Waals surface area contributed by atoms with Crippen molar-refractivity contribution in [2.75, 3.05) is 37.9 Å². The average Bonchev–Trinajstić information content (AvgIpc) is 2.57. The van der Waals surface area contributed by atoms with Crippen LogP contribution >= 0.6 is 11.6 Å². The van der Waals surface area contributed by atoms with Crippen molar-refractivity contribution in [3.8, 4) is 5.75 Å². The van der Waals surface area contributed by atoms with Gasteiger partial charge in [0, 0.05) is 10.7 Å². The molecular weight excluding hydrogens is 366 g/mol. The van der Waals surface area contributed by atoms with Crippen LogP contribution in [0.2, 0.25) is 5.02 Å². The number of nitrogens with zero attached hydrogens (tertiary/aromatic N) is 1. The summed E-state index contributed by atoms with van der Waals surface area (Å²) in [5.74, 6) is 0.0676. The van der Waals surface area contributed by atoms with Crippen molar-refractivity contribution in [2.45, 2.75) is 13.8 Å². The van der Waals surface area contributed by atoms with Gasteiger partial charge in [-0.2, -0.15) is 0 Å². The van der Waals surface area contributed by atoms with Crippen molar-refractivity contribution < 1.29 is 14.3 Å². The Morgan fingerprint density at radius 3 is 2.22 bits per heavy atom. The first-order valence-corrected chi connectivity index (χ1v) is 8.85. The molecule has 2 aromatic rings. The molecule has 6 nitrogen and oxygen atoms in total. The van der Waals surface area contributed by atoms with Gasteiger partial charge in [-0.15, -0.1) is 0 Å². The molecule has 27 heavy (non-hydrogen) atoms. The Kier molecular flexibility index (Phi) is 7.21. The number of nitrogens with one attached hydrogen (secondary N) is 2. The third-order valence-corrected chi connectivity index (χ3v) is 4.15.